The number of benzene rings is 1. The highest BCUT2D eigenvalue weighted by Gasteiger charge is 2.21. The predicted octanol–water partition coefficient (Wildman–Crippen LogP) is 2.26. The third-order valence-corrected chi connectivity index (χ3v) is 3.80. The molecular formula is C17H20N4. The standard InChI is InChI=1S/C17H20N4/c1-18-17(20-12-8-14-6-10-19-11-7-14)21-13-9-15-4-2-3-5-16(15)21/h2-7,10-11H,8-9,12-13H2,1H3,(H,18,20). The molecule has 2 heterocycles. The molecule has 0 fully saturated rings. The summed E-state index contributed by atoms with van der Waals surface area (Å²) < 4.78 is 0. The number of para-hydroxylation sites is 1. The molecule has 1 aliphatic rings. The predicted molar refractivity (Wildman–Crippen MR) is 86.8 cm³/mol. The Labute approximate surface area is 125 Å². The minimum atomic E-state index is 0.870. The zero-order valence-electron chi connectivity index (χ0n) is 12.3. The number of aromatic nitrogens is 1. The van der Waals surface area contributed by atoms with Gasteiger partial charge in [0.1, 0.15) is 0 Å². The Balaban J connectivity index is 1.62. The summed E-state index contributed by atoms with van der Waals surface area (Å²) in [5.41, 5.74) is 3.96. The molecule has 1 aromatic carbocycles. The van der Waals surface area contributed by atoms with Crippen molar-refractivity contribution in [2.24, 2.45) is 4.99 Å². The highest BCUT2D eigenvalue weighted by atomic mass is 15.3. The van der Waals surface area contributed by atoms with Crippen LogP contribution in [0.1, 0.15) is 11.1 Å². The molecule has 3 rings (SSSR count). The van der Waals surface area contributed by atoms with E-state index in [4.69, 9.17) is 0 Å². The monoisotopic (exact) mass is 280 g/mol. The Morgan fingerprint density at radius 3 is 2.86 bits per heavy atom. The molecule has 0 unspecified atom stereocenters. The van der Waals surface area contributed by atoms with Gasteiger partial charge in [-0.05, 0) is 42.2 Å². The van der Waals surface area contributed by atoms with Crippen molar-refractivity contribution in [3.05, 3.63) is 59.9 Å². The molecule has 1 aliphatic heterocycles. The third kappa shape index (κ3) is 3.05. The van der Waals surface area contributed by atoms with Crippen molar-refractivity contribution >= 4 is 11.6 Å². The largest absolute Gasteiger partial charge is 0.356 e. The second-order valence-corrected chi connectivity index (χ2v) is 5.11. The Morgan fingerprint density at radius 1 is 1.24 bits per heavy atom. The van der Waals surface area contributed by atoms with E-state index in [2.05, 4.69) is 56.6 Å². The maximum Gasteiger partial charge on any atom is 0.198 e. The first-order valence-corrected chi connectivity index (χ1v) is 7.33. The van der Waals surface area contributed by atoms with Crippen LogP contribution in [0.4, 0.5) is 5.69 Å². The highest BCUT2D eigenvalue weighted by molar-refractivity contribution is 5.97. The maximum atomic E-state index is 4.42. The summed E-state index contributed by atoms with van der Waals surface area (Å²) in [4.78, 5) is 10.7. The van der Waals surface area contributed by atoms with Crippen LogP contribution in [0.15, 0.2) is 53.8 Å². The van der Waals surface area contributed by atoms with Crippen LogP contribution in [0.25, 0.3) is 0 Å². The fourth-order valence-corrected chi connectivity index (χ4v) is 2.72. The number of anilines is 1. The molecule has 108 valence electrons. The molecule has 0 amide bonds. The summed E-state index contributed by atoms with van der Waals surface area (Å²) in [6, 6.07) is 12.6. The fraction of sp³-hybridized carbons (Fsp3) is 0.294. The van der Waals surface area contributed by atoms with Crippen LogP contribution in [-0.2, 0) is 12.8 Å². The minimum Gasteiger partial charge on any atom is -0.356 e. The number of nitrogens with zero attached hydrogens (tertiary/aromatic N) is 3. The fourth-order valence-electron chi connectivity index (χ4n) is 2.72. The average molecular weight is 280 g/mol. The van der Waals surface area contributed by atoms with Crippen molar-refractivity contribution in [1.29, 1.82) is 0 Å². The van der Waals surface area contributed by atoms with Crippen molar-refractivity contribution in [3.8, 4) is 0 Å². The molecule has 0 spiro atoms. The van der Waals surface area contributed by atoms with Crippen LogP contribution in [0.5, 0.6) is 0 Å². The van der Waals surface area contributed by atoms with Gasteiger partial charge in [0, 0.05) is 38.2 Å². The lowest BCUT2D eigenvalue weighted by molar-refractivity contribution is 0.835. The maximum absolute atomic E-state index is 4.42. The summed E-state index contributed by atoms with van der Waals surface area (Å²) in [5.74, 6) is 0.953. The summed E-state index contributed by atoms with van der Waals surface area (Å²) in [6.07, 6.45) is 5.72. The molecule has 21 heavy (non-hydrogen) atoms. The number of nitrogens with one attached hydrogen (secondary N) is 1. The summed E-state index contributed by atoms with van der Waals surface area (Å²) in [6.45, 7) is 1.86. The van der Waals surface area contributed by atoms with E-state index in [0.29, 0.717) is 0 Å². The summed E-state index contributed by atoms with van der Waals surface area (Å²) in [5, 5.41) is 3.46. The molecule has 4 heteroatoms. The lowest BCUT2D eigenvalue weighted by atomic mass is 10.2. The second kappa shape index (κ2) is 6.39. The molecule has 1 N–H and O–H groups in total. The molecule has 0 saturated carbocycles. The van der Waals surface area contributed by atoms with E-state index in [9.17, 15) is 0 Å². The summed E-state index contributed by atoms with van der Waals surface area (Å²) in [7, 11) is 1.84. The number of hydrogen-bond donors (Lipinski definition) is 1. The quantitative estimate of drug-likeness (QED) is 0.692. The molecule has 0 radical (unpaired) electrons. The lowest BCUT2D eigenvalue weighted by Gasteiger charge is -2.22. The Bertz CT molecular complexity index is 622. The normalized spacial score (nSPS) is 14.1. The molecule has 0 aliphatic carbocycles. The van der Waals surface area contributed by atoms with E-state index in [1.807, 2.05) is 19.4 Å². The number of pyridine rings is 1. The van der Waals surface area contributed by atoms with Crippen LogP contribution in [0, 0.1) is 0 Å². The second-order valence-electron chi connectivity index (χ2n) is 5.11. The van der Waals surface area contributed by atoms with Gasteiger partial charge in [0.05, 0.1) is 0 Å². The Morgan fingerprint density at radius 2 is 2.05 bits per heavy atom. The zero-order valence-corrected chi connectivity index (χ0v) is 12.3. The van der Waals surface area contributed by atoms with Gasteiger partial charge >= 0.3 is 0 Å². The van der Waals surface area contributed by atoms with Crippen LogP contribution < -0.4 is 10.2 Å². The summed E-state index contributed by atoms with van der Waals surface area (Å²) >= 11 is 0. The average Bonchev–Trinajstić information content (AvgIpc) is 2.97. The number of fused-ring (bicyclic) bond motifs is 1. The minimum absolute atomic E-state index is 0.870. The van der Waals surface area contributed by atoms with Crippen molar-refractivity contribution < 1.29 is 0 Å². The van der Waals surface area contributed by atoms with Gasteiger partial charge in [-0.3, -0.25) is 9.98 Å². The first-order valence-electron chi connectivity index (χ1n) is 7.33. The lowest BCUT2D eigenvalue weighted by Crippen LogP contribution is -2.41. The van der Waals surface area contributed by atoms with Gasteiger partial charge in [0.2, 0.25) is 0 Å². The highest BCUT2D eigenvalue weighted by Crippen LogP contribution is 2.27. The van der Waals surface area contributed by atoms with Crippen molar-refractivity contribution in [2.45, 2.75) is 12.8 Å². The molecule has 2 aromatic rings. The van der Waals surface area contributed by atoms with Crippen LogP contribution in [0.3, 0.4) is 0 Å². The van der Waals surface area contributed by atoms with E-state index in [1.165, 1.54) is 16.8 Å². The van der Waals surface area contributed by atoms with Crippen molar-refractivity contribution in [2.75, 3.05) is 25.0 Å². The van der Waals surface area contributed by atoms with Gasteiger partial charge in [0.25, 0.3) is 0 Å². The van der Waals surface area contributed by atoms with Gasteiger partial charge in [-0.1, -0.05) is 18.2 Å². The van der Waals surface area contributed by atoms with Crippen LogP contribution >= 0.6 is 0 Å². The third-order valence-electron chi connectivity index (χ3n) is 3.80. The van der Waals surface area contributed by atoms with E-state index in [0.717, 1.165) is 31.9 Å². The number of aliphatic imine (C=N–C) groups is 1. The van der Waals surface area contributed by atoms with E-state index < -0.39 is 0 Å². The Kier molecular flexibility index (Phi) is 4.15. The van der Waals surface area contributed by atoms with Gasteiger partial charge in [-0.15, -0.1) is 0 Å². The smallest absolute Gasteiger partial charge is 0.198 e. The molecular weight excluding hydrogens is 260 g/mol. The molecule has 0 atom stereocenters. The SMILES string of the molecule is CN=C(NCCc1ccncc1)N1CCc2ccccc21. The van der Waals surface area contributed by atoms with Gasteiger partial charge < -0.3 is 10.2 Å². The van der Waals surface area contributed by atoms with E-state index >= 15 is 0 Å². The first-order chi connectivity index (χ1) is 10.4. The van der Waals surface area contributed by atoms with Crippen molar-refractivity contribution in [1.82, 2.24) is 10.3 Å². The Hall–Kier alpha value is -2.36. The zero-order chi connectivity index (χ0) is 14.5. The van der Waals surface area contributed by atoms with E-state index in [-0.39, 0.29) is 0 Å². The number of rotatable bonds is 3. The first kappa shape index (κ1) is 13.6. The topological polar surface area (TPSA) is 40.5 Å². The van der Waals surface area contributed by atoms with E-state index in [1.54, 1.807) is 0 Å². The van der Waals surface area contributed by atoms with Gasteiger partial charge in [0.15, 0.2) is 5.96 Å². The molecule has 0 bridgehead atoms. The molecule has 4 nitrogen and oxygen atoms in total. The van der Waals surface area contributed by atoms with Crippen LogP contribution in [0.2, 0.25) is 0 Å². The molecule has 1 aromatic heterocycles. The molecule has 0 saturated heterocycles. The van der Waals surface area contributed by atoms with Crippen LogP contribution in [-0.4, -0.2) is 31.1 Å². The van der Waals surface area contributed by atoms with Gasteiger partial charge in [-0.2, -0.15) is 0 Å². The van der Waals surface area contributed by atoms with Gasteiger partial charge in [-0.25, -0.2) is 0 Å². The number of guanidine groups is 1. The number of hydrogen-bond acceptors (Lipinski definition) is 2. The van der Waals surface area contributed by atoms with Crippen molar-refractivity contribution in [3.63, 3.8) is 0 Å².